The van der Waals surface area contributed by atoms with Crippen LogP contribution in [0.2, 0.25) is 0 Å². The zero-order valence-electron chi connectivity index (χ0n) is 10.7. The summed E-state index contributed by atoms with van der Waals surface area (Å²) in [6, 6.07) is 3.12. The normalized spacial score (nSPS) is 10.2. The van der Waals surface area contributed by atoms with Gasteiger partial charge in [-0.3, -0.25) is 9.59 Å². The van der Waals surface area contributed by atoms with Gasteiger partial charge < -0.3 is 15.7 Å². The van der Waals surface area contributed by atoms with E-state index in [2.05, 4.69) is 0 Å². The average Bonchev–Trinajstić information content (AvgIpc) is 2.33. The molecule has 0 aliphatic rings. The Bertz CT molecular complexity index is 477. The zero-order valence-corrected chi connectivity index (χ0v) is 10.7. The summed E-state index contributed by atoms with van der Waals surface area (Å²) in [4.78, 5) is 24.4. The van der Waals surface area contributed by atoms with Gasteiger partial charge in [0, 0.05) is 12.6 Å². The third-order valence-corrected chi connectivity index (χ3v) is 2.61. The van der Waals surface area contributed by atoms with Crippen molar-refractivity contribution in [2.24, 2.45) is 5.73 Å². The molecule has 0 spiro atoms. The van der Waals surface area contributed by atoms with Crippen molar-refractivity contribution in [1.82, 2.24) is 4.90 Å². The van der Waals surface area contributed by atoms with Gasteiger partial charge in [-0.1, -0.05) is 13.3 Å². The number of unbranched alkanes of at least 4 members (excludes halogenated alkanes) is 1. The number of hydrogen-bond acceptors (Lipinski definition) is 3. The number of carbonyl (C=O) groups excluding carboxylic acids is 2. The van der Waals surface area contributed by atoms with Gasteiger partial charge in [0.05, 0.1) is 12.1 Å². The van der Waals surface area contributed by atoms with E-state index in [4.69, 9.17) is 5.73 Å². The smallest absolute Gasteiger partial charge is 0.258 e. The first-order chi connectivity index (χ1) is 8.95. The third kappa shape index (κ3) is 4.24. The van der Waals surface area contributed by atoms with Gasteiger partial charge in [0.25, 0.3) is 5.91 Å². The molecule has 6 heteroatoms. The highest BCUT2D eigenvalue weighted by atomic mass is 19.1. The predicted octanol–water partition coefficient (Wildman–Crippen LogP) is 1.26. The van der Waals surface area contributed by atoms with E-state index in [1.165, 1.54) is 11.0 Å². The van der Waals surface area contributed by atoms with Crippen LogP contribution in [0.3, 0.4) is 0 Å². The molecule has 1 aromatic rings. The fraction of sp³-hybridized carbons (Fsp3) is 0.385. The maximum Gasteiger partial charge on any atom is 0.258 e. The molecule has 0 bridgehead atoms. The predicted molar refractivity (Wildman–Crippen MR) is 68.1 cm³/mol. The Morgan fingerprint density at radius 2 is 2.11 bits per heavy atom. The lowest BCUT2D eigenvalue weighted by Crippen LogP contribution is -2.39. The minimum Gasteiger partial charge on any atom is -0.507 e. The van der Waals surface area contributed by atoms with Crippen LogP contribution in [0.1, 0.15) is 30.1 Å². The minimum absolute atomic E-state index is 0.0428. The molecular formula is C13H17FN2O3. The summed E-state index contributed by atoms with van der Waals surface area (Å²) in [5.74, 6) is -2.25. The number of phenols is 1. The quantitative estimate of drug-likeness (QED) is 0.814. The Balaban J connectivity index is 2.93. The molecule has 0 aliphatic heterocycles. The SMILES string of the molecule is CCCCN(CC(N)=O)C(=O)c1ccc(F)cc1O. The number of halogens is 1. The van der Waals surface area contributed by atoms with Gasteiger partial charge in [0.2, 0.25) is 5.91 Å². The number of hydrogen-bond donors (Lipinski definition) is 2. The standard InChI is InChI=1S/C13H17FN2O3/c1-2-3-6-16(8-12(15)18)13(19)10-5-4-9(14)7-11(10)17/h4-5,7,17H,2-3,6,8H2,1H3,(H2,15,18). The van der Waals surface area contributed by atoms with Crippen LogP contribution in [-0.2, 0) is 4.79 Å². The van der Waals surface area contributed by atoms with Crippen molar-refractivity contribution in [3.8, 4) is 5.75 Å². The fourth-order valence-corrected chi connectivity index (χ4v) is 1.65. The molecule has 0 radical (unpaired) electrons. The van der Waals surface area contributed by atoms with E-state index >= 15 is 0 Å². The number of carbonyl (C=O) groups is 2. The summed E-state index contributed by atoms with van der Waals surface area (Å²) >= 11 is 0. The van der Waals surface area contributed by atoms with Crippen molar-refractivity contribution in [3.05, 3.63) is 29.6 Å². The van der Waals surface area contributed by atoms with Gasteiger partial charge in [0.1, 0.15) is 11.6 Å². The third-order valence-electron chi connectivity index (χ3n) is 2.61. The molecule has 3 N–H and O–H groups in total. The van der Waals surface area contributed by atoms with Gasteiger partial charge in [0.15, 0.2) is 0 Å². The lowest BCUT2D eigenvalue weighted by atomic mass is 10.1. The van der Waals surface area contributed by atoms with Gasteiger partial charge >= 0.3 is 0 Å². The van der Waals surface area contributed by atoms with Crippen molar-refractivity contribution in [2.45, 2.75) is 19.8 Å². The van der Waals surface area contributed by atoms with Gasteiger partial charge in [-0.25, -0.2) is 4.39 Å². The first kappa shape index (κ1) is 14.9. The number of benzene rings is 1. The number of aromatic hydroxyl groups is 1. The van der Waals surface area contributed by atoms with Crippen LogP contribution in [0.25, 0.3) is 0 Å². The van der Waals surface area contributed by atoms with Crippen LogP contribution in [0, 0.1) is 5.82 Å². The van der Waals surface area contributed by atoms with Crippen LogP contribution in [-0.4, -0.2) is 34.9 Å². The van der Waals surface area contributed by atoms with Crippen LogP contribution >= 0.6 is 0 Å². The monoisotopic (exact) mass is 268 g/mol. The Hall–Kier alpha value is -2.11. The molecule has 0 saturated heterocycles. The van der Waals surface area contributed by atoms with E-state index in [0.29, 0.717) is 13.0 Å². The second-order valence-corrected chi connectivity index (χ2v) is 4.21. The molecule has 0 aromatic heterocycles. The highest BCUT2D eigenvalue weighted by Gasteiger charge is 2.20. The van der Waals surface area contributed by atoms with E-state index < -0.39 is 23.4 Å². The number of rotatable bonds is 6. The van der Waals surface area contributed by atoms with Crippen molar-refractivity contribution < 1.29 is 19.1 Å². The molecule has 0 heterocycles. The topological polar surface area (TPSA) is 83.6 Å². The van der Waals surface area contributed by atoms with E-state index in [-0.39, 0.29) is 12.1 Å². The molecule has 104 valence electrons. The summed E-state index contributed by atoms with van der Waals surface area (Å²) < 4.78 is 12.9. The maximum atomic E-state index is 12.9. The molecule has 19 heavy (non-hydrogen) atoms. The minimum atomic E-state index is -0.635. The molecule has 0 fully saturated rings. The summed E-state index contributed by atoms with van der Waals surface area (Å²) in [6.07, 6.45) is 1.55. The van der Waals surface area contributed by atoms with Crippen molar-refractivity contribution in [1.29, 1.82) is 0 Å². The first-order valence-electron chi connectivity index (χ1n) is 6.01. The maximum absolute atomic E-state index is 12.9. The van der Waals surface area contributed by atoms with Crippen LogP contribution < -0.4 is 5.73 Å². The Kier molecular flexibility index (Phi) is 5.29. The van der Waals surface area contributed by atoms with Gasteiger partial charge in [-0.15, -0.1) is 0 Å². The van der Waals surface area contributed by atoms with Crippen molar-refractivity contribution in [2.75, 3.05) is 13.1 Å². The number of nitrogens with two attached hydrogens (primary N) is 1. The summed E-state index contributed by atoms with van der Waals surface area (Å²) in [5.41, 5.74) is 5.04. The fourth-order valence-electron chi connectivity index (χ4n) is 1.65. The van der Waals surface area contributed by atoms with E-state index in [1.807, 2.05) is 6.92 Å². The Labute approximate surface area is 110 Å². The van der Waals surface area contributed by atoms with E-state index in [9.17, 15) is 19.1 Å². The zero-order chi connectivity index (χ0) is 14.4. The van der Waals surface area contributed by atoms with E-state index in [1.54, 1.807) is 0 Å². The average molecular weight is 268 g/mol. The summed E-state index contributed by atoms with van der Waals surface area (Å²) in [5, 5.41) is 9.57. The molecule has 0 saturated carbocycles. The molecule has 5 nitrogen and oxygen atoms in total. The van der Waals surface area contributed by atoms with Crippen LogP contribution in [0.5, 0.6) is 5.75 Å². The van der Waals surface area contributed by atoms with E-state index in [0.717, 1.165) is 18.6 Å². The molecule has 1 rings (SSSR count). The molecule has 1 aromatic carbocycles. The Morgan fingerprint density at radius 1 is 1.42 bits per heavy atom. The number of primary amides is 1. The van der Waals surface area contributed by atoms with Crippen molar-refractivity contribution in [3.63, 3.8) is 0 Å². The van der Waals surface area contributed by atoms with Crippen LogP contribution in [0.4, 0.5) is 4.39 Å². The number of phenolic OH excluding ortho intramolecular Hbond substituents is 1. The molecule has 0 unspecified atom stereocenters. The Morgan fingerprint density at radius 3 is 2.63 bits per heavy atom. The molecule has 2 amide bonds. The summed E-state index contributed by atoms with van der Waals surface area (Å²) in [7, 11) is 0. The summed E-state index contributed by atoms with van der Waals surface area (Å²) in [6.45, 7) is 2.08. The number of nitrogens with zero attached hydrogens (tertiary/aromatic N) is 1. The molecular weight excluding hydrogens is 251 g/mol. The highest BCUT2D eigenvalue weighted by Crippen LogP contribution is 2.20. The lowest BCUT2D eigenvalue weighted by Gasteiger charge is -2.21. The largest absolute Gasteiger partial charge is 0.507 e. The van der Waals surface area contributed by atoms with Gasteiger partial charge in [-0.2, -0.15) is 0 Å². The second-order valence-electron chi connectivity index (χ2n) is 4.21. The highest BCUT2D eigenvalue weighted by molar-refractivity contribution is 5.98. The van der Waals surface area contributed by atoms with Crippen LogP contribution in [0.15, 0.2) is 18.2 Å². The molecule has 0 atom stereocenters. The number of amides is 2. The van der Waals surface area contributed by atoms with Gasteiger partial charge in [-0.05, 0) is 18.6 Å². The second kappa shape index (κ2) is 6.72. The molecule has 0 aliphatic carbocycles. The van der Waals surface area contributed by atoms with Crippen molar-refractivity contribution >= 4 is 11.8 Å². The first-order valence-corrected chi connectivity index (χ1v) is 6.01. The lowest BCUT2D eigenvalue weighted by molar-refractivity contribution is -0.118.